The SMILES string of the molecule is O=[N+]([O-])c1cccc(-c2noc(Br)c2CCl)c1. The first kappa shape index (κ1) is 12.1. The summed E-state index contributed by atoms with van der Waals surface area (Å²) in [6.07, 6.45) is 0. The molecule has 17 heavy (non-hydrogen) atoms. The highest BCUT2D eigenvalue weighted by Crippen LogP contribution is 2.31. The third-order valence-corrected chi connectivity index (χ3v) is 3.09. The van der Waals surface area contributed by atoms with Crippen molar-refractivity contribution >= 4 is 33.2 Å². The molecule has 0 aliphatic heterocycles. The van der Waals surface area contributed by atoms with E-state index in [-0.39, 0.29) is 11.6 Å². The van der Waals surface area contributed by atoms with Crippen LogP contribution in [0.15, 0.2) is 33.5 Å². The summed E-state index contributed by atoms with van der Waals surface area (Å²) >= 11 is 8.94. The van der Waals surface area contributed by atoms with E-state index in [9.17, 15) is 10.1 Å². The van der Waals surface area contributed by atoms with Gasteiger partial charge in [0.1, 0.15) is 5.69 Å². The first-order chi connectivity index (χ1) is 8.13. The third kappa shape index (κ3) is 2.32. The fourth-order valence-corrected chi connectivity index (χ4v) is 2.21. The molecule has 0 bridgehead atoms. The summed E-state index contributed by atoms with van der Waals surface area (Å²) in [6, 6.07) is 6.15. The number of rotatable bonds is 3. The highest BCUT2D eigenvalue weighted by atomic mass is 79.9. The minimum absolute atomic E-state index is 0.00199. The minimum atomic E-state index is -0.459. The Morgan fingerprint density at radius 3 is 2.94 bits per heavy atom. The predicted molar refractivity (Wildman–Crippen MR) is 65.9 cm³/mol. The van der Waals surface area contributed by atoms with Crippen LogP contribution in [0.5, 0.6) is 0 Å². The average molecular weight is 318 g/mol. The van der Waals surface area contributed by atoms with Crippen LogP contribution in [-0.2, 0) is 5.88 Å². The molecule has 1 aromatic heterocycles. The molecule has 88 valence electrons. The van der Waals surface area contributed by atoms with Gasteiger partial charge in [0.25, 0.3) is 5.69 Å². The van der Waals surface area contributed by atoms with Crippen LogP contribution in [0.1, 0.15) is 5.56 Å². The van der Waals surface area contributed by atoms with Crippen molar-refractivity contribution in [1.29, 1.82) is 0 Å². The molecule has 1 aromatic carbocycles. The maximum atomic E-state index is 10.7. The van der Waals surface area contributed by atoms with E-state index in [2.05, 4.69) is 21.1 Å². The summed E-state index contributed by atoms with van der Waals surface area (Å²) < 4.78 is 5.39. The largest absolute Gasteiger partial charge is 0.348 e. The quantitative estimate of drug-likeness (QED) is 0.491. The Morgan fingerprint density at radius 2 is 2.29 bits per heavy atom. The fraction of sp³-hybridized carbons (Fsp3) is 0.100. The fourth-order valence-electron chi connectivity index (χ4n) is 1.40. The third-order valence-electron chi connectivity index (χ3n) is 2.20. The van der Waals surface area contributed by atoms with Crippen LogP contribution in [0.2, 0.25) is 0 Å². The number of nitro benzene ring substituents is 1. The molecular formula is C10H6BrClN2O3. The molecule has 1 heterocycles. The van der Waals surface area contributed by atoms with Gasteiger partial charge in [-0.1, -0.05) is 17.3 Å². The number of aromatic nitrogens is 1. The summed E-state index contributed by atoms with van der Waals surface area (Å²) in [7, 11) is 0. The lowest BCUT2D eigenvalue weighted by Crippen LogP contribution is -1.89. The van der Waals surface area contributed by atoms with Gasteiger partial charge in [-0.05, 0) is 15.9 Å². The zero-order valence-corrected chi connectivity index (χ0v) is 10.7. The van der Waals surface area contributed by atoms with Crippen molar-refractivity contribution in [2.75, 3.05) is 0 Å². The van der Waals surface area contributed by atoms with Crippen molar-refractivity contribution in [3.05, 3.63) is 44.6 Å². The molecule has 0 unspecified atom stereocenters. The summed E-state index contributed by atoms with van der Waals surface area (Å²) in [5.41, 5.74) is 1.79. The average Bonchev–Trinajstić information content (AvgIpc) is 2.70. The van der Waals surface area contributed by atoms with E-state index in [1.54, 1.807) is 12.1 Å². The lowest BCUT2D eigenvalue weighted by molar-refractivity contribution is -0.384. The minimum Gasteiger partial charge on any atom is -0.348 e. The zero-order valence-electron chi connectivity index (χ0n) is 8.39. The second-order valence-electron chi connectivity index (χ2n) is 3.22. The smallest absolute Gasteiger partial charge is 0.270 e. The Labute approximate surface area is 110 Å². The summed E-state index contributed by atoms with van der Waals surface area (Å²) in [5, 5.41) is 14.5. The van der Waals surface area contributed by atoms with Gasteiger partial charge in [0.2, 0.25) is 4.67 Å². The Bertz CT molecular complexity index is 570. The number of nitro groups is 1. The zero-order chi connectivity index (χ0) is 12.4. The highest BCUT2D eigenvalue weighted by molar-refractivity contribution is 9.10. The van der Waals surface area contributed by atoms with Crippen LogP contribution in [0.3, 0.4) is 0 Å². The van der Waals surface area contributed by atoms with Crippen LogP contribution in [0.25, 0.3) is 11.3 Å². The van der Waals surface area contributed by atoms with Gasteiger partial charge in [0.15, 0.2) is 0 Å². The molecule has 0 aliphatic carbocycles. The van der Waals surface area contributed by atoms with Crippen LogP contribution >= 0.6 is 27.5 Å². The van der Waals surface area contributed by atoms with E-state index in [0.717, 1.165) is 0 Å². The van der Waals surface area contributed by atoms with Gasteiger partial charge < -0.3 is 4.52 Å². The van der Waals surface area contributed by atoms with Crippen molar-refractivity contribution in [1.82, 2.24) is 5.16 Å². The predicted octanol–water partition coefficient (Wildman–Crippen LogP) is 3.75. The van der Waals surface area contributed by atoms with Gasteiger partial charge in [-0.3, -0.25) is 10.1 Å². The lowest BCUT2D eigenvalue weighted by atomic mass is 10.1. The van der Waals surface area contributed by atoms with Crippen LogP contribution in [0.4, 0.5) is 5.69 Å². The molecule has 0 radical (unpaired) electrons. The summed E-state index contributed by atoms with van der Waals surface area (Å²) in [4.78, 5) is 10.2. The molecule has 0 saturated heterocycles. The summed E-state index contributed by atoms with van der Waals surface area (Å²) in [6.45, 7) is 0. The first-order valence-corrected chi connectivity index (χ1v) is 5.91. The van der Waals surface area contributed by atoms with E-state index in [4.69, 9.17) is 16.1 Å². The number of non-ortho nitro benzene ring substituents is 1. The van der Waals surface area contributed by atoms with Crippen LogP contribution in [0, 0.1) is 10.1 Å². The maximum absolute atomic E-state index is 10.7. The molecule has 2 rings (SSSR count). The van der Waals surface area contributed by atoms with Crippen molar-refractivity contribution in [3.63, 3.8) is 0 Å². The number of hydrogen-bond donors (Lipinski definition) is 0. The molecule has 0 aliphatic rings. The second-order valence-corrected chi connectivity index (χ2v) is 4.21. The van der Waals surface area contributed by atoms with E-state index in [1.165, 1.54) is 12.1 Å². The monoisotopic (exact) mass is 316 g/mol. The van der Waals surface area contributed by atoms with Gasteiger partial charge in [-0.25, -0.2) is 0 Å². The first-order valence-electron chi connectivity index (χ1n) is 4.58. The van der Waals surface area contributed by atoms with Gasteiger partial charge >= 0.3 is 0 Å². The molecule has 0 saturated carbocycles. The lowest BCUT2D eigenvalue weighted by Gasteiger charge is -1.98. The molecule has 0 spiro atoms. The Balaban J connectivity index is 2.52. The number of halogens is 2. The highest BCUT2D eigenvalue weighted by Gasteiger charge is 2.16. The number of hydrogen-bond acceptors (Lipinski definition) is 4. The molecule has 0 N–H and O–H groups in total. The normalized spacial score (nSPS) is 10.5. The van der Waals surface area contributed by atoms with Crippen molar-refractivity contribution in [2.45, 2.75) is 5.88 Å². The maximum Gasteiger partial charge on any atom is 0.270 e. The van der Waals surface area contributed by atoms with E-state index >= 15 is 0 Å². The van der Waals surface area contributed by atoms with Crippen LogP contribution < -0.4 is 0 Å². The van der Waals surface area contributed by atoms with Crippen molar-refractivity contribution in [2.24, 2.45) is 0 Å². The second kappa shape index (κ2) is 4.85. The van der Waals surface area contributed by atoms with E-state index in [0.29, 0.717) is 21.5 Å². The van der Waals surface area contributed by atoms with Gasteiger partial charge in [-0.2, -0.15) is 0 Å². The number of nitrogens with zero attached hydrogens (tertiary/aromatic N) is 2. The molecule has 5 nitrogen and oxygen atoms in total. The molecule has 2 aromatic rings. The standard InChI is InChI=1S/C10H6BrClN2O3/c11-10-8(5-12)9(13-17-10)6-2-1-3-7(4-6)14(15)16/h1-4H,5H2. The Kier molecular flexibility index (Phi) is 3.44. The number of benzene rings is 1. The van der Waals surface area contributed by atoms with Gasteiger partial charge in [-0.15, -0.1) is 11.6 Å². The van der Waals surface area contributed by atoms with Crippen molar-refractivity contribution in [3.8, 4) is 11.3 Å². The Morgan fingerprint density at radius 1 is 1.53 bits per heavy atom. The van der Waals surface area contributed by atoms with Crippen molar-refractivity contribution < 1.29 is 9.45 Å². The van der Waals surface area contributed by atoms with Gasteiger partial charge in [0, 0.05) is 23.3 Å². The number of alkyl halides is 1. The van der Waals surface area contributed by atoms with Crippen LogP contribution in [-0.4, -0.2) is 10.1 Å². The molecule has 0 fully saturated rings. The molecule has 0 atom stereocenters. The van der Waals surface area contributed by atoms with E-state index < -0.39 is 4.92 Å². The van der Waals surface area contributed by atoms with Gasteiger partial charge in [0.05, 0.1) is 10.8 Å². The Hall–Kier alpha value is -1.40. The molecule has 7 heteroatoms. The topological polar surface area (TPSA) is 69.2 Å². The molecular weight excluding hydrogens is 311 g/mol. The van der Waals surface area contributed by atoms with E-state index in [1.807, 2.05) is 0 Å². The molecule has 0 amide bonds. The summed E-state index contributed by atoms with van der Waals surface area (Å²) in [5.74, 6) is 0.210.